The van der Waals surface area contributed by atoms with Gasteiger partial charge in [-0.3, -0.25) is 4.90 Å². The van der Waals surface area contributed by atoms with E-state index >= 15 is 0 Å². The van der Waals surface area contributed by atoms with Crippen LogP contribution in [0.25, 0.3) is 0 Å². The molecule has 0 radical (unpaired) electrons. The zero-order valence-electron chi connectivity index (χ0n) is 9.65. The molecule has 1 fully saturated rings. The lowest BCUT2D eigenvalue weighted by molar-refractivity contribution is 0.203. The van der Waals surface area contributed by atoms with E-state index in [9.17, 15) is 8.42 Å². The van der Waals surface area contributed by atoms with E-state index in [0.29, 0.717) is 11.5 Å². The maximum absolute atomic E-state index is 11.4. The van der Waals surface area contributed by atoms with E-state index in [-0.39, 0.29) is 12.1 Å². The molecule has 90 valence electrons. The molecular weight excluding hydrogens is 212 g/mol. The van der Waals surface area contributed by atoms with E-state index in [1.807, 2.05) is 6.92 Å². The molecule has 0 aromatic carbocycles. The van der Waals surface area contributed by atoms with Gasteiger partial charge in [-0.15, -0.1) is 0 Å². The van der Waals surface area contributed by atoms with Gasteiger partial charge in [-0.2, -0.15) is 0 Å². The summed E-state index contributed by atoms with van der Waals surface area (Å²) >= 11 is 0. The Bertz CT molecular complexity index is 288. The second kappa shape index (κ2) is 5.27. The number of nitrogens with zero attached hydrogens (tertiary/aromatic N) is 1. The van der Waals surface area contributed by atoms with Gasteiger partial charge in [-0.25, -0.2) is 8.42 Å². The molecule has 0 aromatic rings. The lowest BCUT2D eigenvalue weighted by Crippen LogP contribution is -2.43. The fourth-order valence-electron chi connectivity index (χ4n) is 2.14. The van der Waals surface area contributed by atoms with Gasteiger partial charge < -0.3 is 5.73 Å². The van der Waals surface area contributed by atoms with Crippen molar-refractivity contribution in [2.24, 2.45) is 5.73 Å². The van der Waals surface area contributed by atoms with Crippen molar-refractivity contribution >= 4 is 9.84 Å². The molecule has 0 aliphatic carbocycles. The topological polar surface area (TPSA) is 63.4 Å². The lowest BCUT2D eigenvalue weighted by Gasteiger charge is -2.29. The van der Waals surface area contributed by atoms with Gasteiger partial charge in [-0.1, -0.05) is 6.92 Å². The first-order chi connectivity index (χ1) is 6.94. The molecule has 5 heteroatoms. The summed E-state index contributed by atoms with van der Waals surface area (Å²) < 4.78 is 22.8. The van der Waals surface area contributed by atoms with E-state index in [2.05, 4.69) is 11.8 Å². The molecule has 1 saturated heterocycles. The van der Waals surface area contributed by atoms with E-state index in [1.165, 1.54) is 0 Å². The largest absolute Gasteiger partial charge is 0.327 e. The van der Waals surface area contributed by atoms with E-state index in [1.54, 1.807) is 0 Å². The van der Waals surface area contributed by atoms with Crippen LogP contribution in [0.2, 0.25) is 0 Å². The Labute approximate surface area is 92.7 Å². The van der Waals surface area contributed by atoms with Crippen LogP contribution in [0.5, 0.6) is 0 Å². The van der Waals surface area contributed by atoms with Gasteiger partial charge in [0.15, 0.2) is 9.84 Å². The summed E-state index contributed by atoms with van der Waals surface area (Å²) in [5.74, 6) is 0.663. The SMILES string of the molecule is CCCN(CC(C)N)C1CCS(=O)(=O)C1. The Morgan fingerprint density at radius 1 is 1.53 bits per heavy atom. The zero-order valence-corrected chi connectivity index (χ0v) is 10.5. The van der Waals surface area contributed by atoms with E-state index in [0.717, 1.165) is 25.9 Å². The van der Waals surface area contributed by atoms with Crippen LogP contribution in [-0.4, -0.2) is 50.0 Å². The molecule has 2 unspecified atom stereocenters. The smallest absolute Gasteiger partial charge is 0.151 e. The molecule has 0 amide bonds. The summed E-state index contributed by atoms with van der Waals surface area (Å²) in [4.78, 5) is 2.23. The van der Waals surface area contributed by atoms with Crippen LogP contribution in [0, 0.1) is 0 Å². The highest BCUT2D eigenvalue weighted by Crippen LogP contribution is 2.18. The summed E-state index contributed by atoms with van der Waals surface area (Å²) in [6, 6.07) is 0.306. The first-order valence-electron chi connectivity index (χ1n) is 5.64. The van der Waals surface area contributed by atoms with Gasteiger partial charge in [0.2, 0.25) is 0 Å². The minimum absolute atomic E-state index is 0.111. The molecule has 4 nitrogen and oxygen atoms in total. The monoisotopic (exact) mass is 234 g/mol. The molecule has 2 atom stereocenters. The van der Waals surface area contributed by atoms with Gasteiger partial charge in [0, 0.05) is 18.6 Å². The second-order valence-corrected chi connectivity index (χ2v) is 6.76. The first-order valence-corrected chi connectivity index (χ1v) is 7.47. The average molecular weight is 234 g/mol. The number of rotatable bonds is 5. The van der Waals surface area contributed by atoms with Crippen molar-refractivity contribution in [3.63, 3.8) is 0 Å². The van der Waals surface area contributed by atoms with Crippen molar-refractivity contribution in [3.05, 3.63) is 0 Å². The number of hydrogen-bond acceptors (Lipinski definition) is 4. The third kappa shape index (κ3) is 4.09. The summed E-state index contributed by atoms with van der Waals surface area (Å²) in [6.07, 6.45) is 1.82. The summed E-state index contributed by atoms with van der Waals surface area (Å²) in [6.45, 7) is 5.82. The Kier molecular flexibility index (Phi) is 4.55. The van der Waals surface area contributed by atoms with Gasteiger partial charge in [0.1, 0.15) is 0 Å². The quantitative estimate of drug-likeness (QED) is 0.740. The van der Waals surface area contributed by atoms with Crippen molar-refractivity contribution in [2.75, 3.05) is 24.6 Å². The standard InChI is InChI=1S/C10H22N2O2S/c1-3-5-12(7-9(2)11)10-4-6-15(13,14)8-10/h9-10H,3-8,11H2,1-2H3. The van der Waals surface area contributed by atoms with Crippen molar-refractivity contribution in [1.29, 1.82) is 0 Å². The van der Waals surface area contributed by atoms with E-state index in [4.69, 9.17) is 5.73 Å². The first kappa shape index (κ1) is 12.9. The predicted molar refractivity (Wildman–Crippen MR) is 62.6 cm³/mol. The molecule has 15 heavy (non-hydrogen) atoms. The highest BCUT2D eigenvalue weighted by molar-refractivity contribution is 7.91. The Hall–Kier alpha value is -0.130. The van der Waals surface area contributed by atoms with Crippen LogP contribution in [0.1, 0.15) is 26.7 Å². The molecule has 0 spiro atoms. The molecule has 1 rings (SSSR count). The van der Waals surface area contributed by atoms with Gasteiger partial charge >= 0.3 is 0 Å². The Morgan fingerprint density at radius 2 is 2.20 bits per heavy atom. The summed E-state index contributed by atoms with van der Waals surface area (Å²) in [5, 5.41) is 0. The van der Waals surface area contributed by atoms with Crippen LogP contribution >= 0.6 is 0 Å². The Morgan fingerprint density at radius 3 is 2.60 bits per heavy atom. The van der Waals surface area contributed by atoms with Crippen LogP contribution in [0.3, 0.4) is 0 Å². The number of sulfone groups is 1. The fourth-order valence-corrected chi connectivity index (χ4v) is 3.91. The molecule has 2 N–H and O–H groups in total. The minimum Gasteiger partial charge on any atom is -0.327 e. The fraction of sp³-hybridized carbons (Fsp3) is 1.00. The summed E-state index contributed by atoms with van der Waals surface area (Å²) in [7, 11) is -2.78. The normalized spacial score (nSPS) is 27.1. The van der Waals surface area contributed by atoms with Crippen LogP contribution in [-0.2, 0) is 9.84 Å². The third-order valence-corrected chi connectivity index (χ3v) is 4.51. The molecular formula is C10H22N2O2S. The third-order valence-electron chi connectivity index (χ3n) is 2.76. The molecule has 1 heterocycles. The summed E-state index contributed by atoms with van der Waals surface area (Å²) in [5.41, 5.74) is 5.77. The van der Waals surface area contributed by atoms with Gasteiger partial charge in [0.05, 0.1) is 11.5 Å². The maximum Gasteiger partial charge on any atom is 0.151 e. The second-order valence-electron chi connectivity index (χ2n) is 4.53. The zero-order chi connectivity index (χ0) is 11.5. The highest BCUT2D eigenvalue weighted by Gasteiger charge is 2.31. The van der Waals surface area contributed by atoms with Crippen molar-refractivity contribution in [1.82, 2.24) is 4.90 Å². The van der Waals surface area contributed by atoms with Gasteiger partial charge in [0.25, 0.3) is 0 Å². The van der Waals surface area contributed by atoms with Crippen LogP contribution in [0.15, 0.2) is 0 Å². The molecule has 0 saturated carbocycles. The highest BCUT2D eigenvalue weighted by atomic mass is 32.2. The van der Waals surface area contributed by atoms with Crippen LogP contribution in [0.4, 0.5) is 0 Å². The number of nitrogens with two attached hydrogens (primary N) is 1. The van der Waals surface area contributed by atoms with Crippen molar-refractivity contribution in [3.8, 4) is 0 Å². The maximum atomic E-state index is 11.4. The Balaban J connectivity index is 2.57. The van der Waals surface area contributed by atoms with Crippen molar-refractivity contribution < 1.29 is 8.42 Å². The average Bonchev–Trinajstić information content (AvgIpc) is 2.44. The molecule has 1 aliphatic heterocycles. The molecule has 0 bridgehead atoms. The lowest BCUT2D eigenvalue weighted by atomic mass is 10.2. The molecule has 0 aromatic heterocycles. The predicted octanol–water partition coefficient (Wildman–Crippen LogP) is 0.233. The molecule has 1 aliphatic rings. The minimum atomic E-state index is -2.78. The van der Waals surface area contributed by atoms with Crippen molar-refractivity contribution in [2.45, 2.75) is 38.8 Å². The number of hydrogen-bond donors (Lipinski definition) is 1. The van der Waals surface area contributed by atoms with E-state index < -0.39 is 9.84 Å². The van der Waals surface area contributed by atoms with Gasteiger partial charge in [-0.05, 0) is 26.3 Å². The van der Waals surface area contributed by atoms with Crippen LogP contribution < -0.4 is 5.73 Å².